The van der Waals surface area contributed by atoms with E-state index in [1.807, 2.05) is 6.92 Å². The molecule has 0 spiro atoms. The van der Waals surface area contributed by atoms with E-state index in [-0.39, 0.29) is 18.9 Å². The molecule has 0 aliphatic heterocycles. The molecule has 0 saturated heterocycles. The molecule has 1 unspecified atom stereocenters. The normalized spacial score (nSPS) is 13.3. The number of benzene rings is 1. The molecule has 0 radical (unpaired) electrons. The summed E-state index contributed by atoms with van der Waals surface area (Å²) in [5.41, 5.74) is -1.23. The van der Waals surface area contributed by atoms with Crippen molar-refractivity contribution < 1.29 is 19.4 Å². The van der Waals surface area contributed by atoms with Crippen LogP contribution in [0.4, 0.5) is 0 Å². The molecule has 1 rings (SSSR count). The van der Waals surface area contributed by atoms with Crippen molar-refractivity contribution in [1.82, 2.24) is 5.32 Å². The van der Waals surface area contributed by atoms with Gasteiger partial charge in [0.25, 0.3) is 0 Å². The first-order chi connectivity index (χ1) is 9.87. The third-order valence-corrected chi connectivity index (χ3v) is 3.27. The van der Waals surface area contributed by atoms with E-state index in [0.717, 1.165) is 0 Å². The molecule has 116 valence electrons. The topological polar surface area (TPSA) is 75.6 Å². The van der Waals surface area contributed by atoms with Crippen LogP contribution in [0.2, 0.25) is 5.02 Å². The van der Waals surface area contributed by atoms with Crippen LogP contribution in [0.25, 0.3) is 0 Å². The van der Waals surface area contributed by atoms with Gasteiger partial charge >= 0.3 is 5.97 Å². The molecule has 1 aromatic carbocycles. The van der Waals surface area contributed by atoms with Gasteiger partial charge in [-0.1, -0.05) is 31.0 Å². The van der Waals surface area contributed by atoms with Crippen molar-refractivity contribution in [3.8, 4) is 5.75 Å². The number of carboxylic acid groups (broad SMARTS) is 1. The molecule has 0 heterocycles. The number of carbonyl (C=O) groups excluding carboxylic acids is 1. The van der Waals surface area contributed by atoms with Gasteiger partial charge in [0, 0.05) is 5.02 Å². The minimum absolute atomic E-state index is 0.0824. The third-order valence-electron chi connectivity index (χ3n) is 3.03. The summed E-state index contributed by atoms with van der Waals surface area (Å²) >= 11 is 5.82. The number of ether oxygens (including phenoxy) is 1. The number of nitrogens with one attached hydrogen (secondary N) is 1. The predicted octanol–water partition coefficient (Wildman–Crippen LogP) is 2.87. The first-order valence-electron chi connectivity index (χ1n) is 6.80. The van der Waals surface area contributed by atoms with E-state index in [1.165, 1.54) is 6.92 Å². The Bertz CT molecular complexity index is 506. The van der Waals surface area contributed by atoms with E-state index in [4.69, 9.17) is 16.3 Å². The van der Waals surface area contributed by atoms with E-state index >= 15 is 0 Å². The SMILES string of the molecule is CCCC(C)(NC(=O)CCOc1cccc(Cl)c1)C(=O)O. The summed E-state index contributed by atoms with van der Waals surface area (Å²) in [5, 5.41) is 12.3. The van der Waals surface area contributed by atoms with Crippen LogP contribution in [-0.4, -0.2) is 29.1 Å². The Balaban J connectivity index is 2.45. The highest BCUT2D eigenvalue weighted by Crippen LogP contribution is 2.17. The molecule has 6 heteroatoms. The lowest BCUT2D eigenvalue weighted by Gasteiger charge is -2.25. The summed E-state index contributed by atoms with van der Waals surface area (Å²) in [6, 6.07) is 6.87. The van der Waals surface area contributed by atoms with E-state index < -0.39 is 11.5 Å². The van der Waals surface area contributed by atoms with Crippen molar-refractivity contribution in [3.63, 3.8) is 0 Å². The number of amides is 1. The number of halogens is 1. The van der Waals surface area contributed by atoms with Gasteiger partial charge in [-0.2, -0.15) is 0 Å². The second kappa shape index (κ2) is 7.88. The highest BCUT2D eigenvalue weighted by atomic mass is 35.5. The minimum Gasteiger partial charge on any atom is -0.493 e. The number of carboxylic acids is 1. The number of carbonyl (C=O) groups is 2. The molecule has 5 nitrogen and oxygen atoms in total. The van der Waals surface area contributed by atoms with Crippen molar-refractivity contribution in [1.29, 1.82) is 0 Å². The molecule has 1 atom stereocenters. The van der Waals surface area contributed by atoms with Gasteiger partial charge in [-0.05, 0) is 31.5 Å². The zero-order valence-corrected chi connectivity index (χ0v) is 12.9. The second-order valence-corrected chi connectivity index (χ2v) is 5.43. The first kappa shape index (κ1) is 17.3. The number of rotatable bonds is 8. The zero-order chi connectivity index (χ0) is 15.9. The monoisotopic (exact) mass is 313 g/mol. The molecule has 0 bridgehead atoms. The quantitative estimate of drug-likeness (QED) is 0.774. The highest BCUT2D eigenvalue weighted by molar-refractivity contribution is 6.30. The van der Waals surface area contributed by atoms with Gasteiger partial charge in [-0.15, -0.1) is 0 Å². The number of hydrogen-bond acceptors (Lipinski definition) is 3. The van der Waals surface area contributed by atoms with E-state index in [9.17, 15) is 14.7 Å². The fraction of sp³-hybridized carbons (Fsp3) is 0.467. The molecule has 1 amide bonds. The lowest BCUT2D eigenvalue weighted by atomic mass is 9.96. The molecule has 1 aromatic rings. The number of aliphatic carboxylic acids is 1. The van der Waals surface area contributed by atoms with Crippen LogP contribution in [0.3, 0.4) is 0 Å². The minimum atomic E-state index is -1.23. The molecule has 0 aromatic heterocycles. The third kappa shape index (κ3) is 5.63. The van der Waals surface area contributed by atoms with E-state index in [1.54, 1.807) is 24.3 Å². The fourth-order valence-electron chi connectivity index (χ4n) is 1.91. The predicted molar refractivity (Wildman–Crippen MR) is 80.7 cm³/mol. The van der Waals surface area contributed by atoms with Gasteiger partial charge in [0.2, 0.25) is 5.91 Å². The molecule has 21 heavy (non-hydrogen) atoms. The van der Waals surface area contributed by atoms with Crippen molar-refractivity contribution in [3.05, 3.63) is 29.3 Å². The smallest absolute Gasteiger partial charge is 0.329 e. The molecule has 0 saturated carbocycles. The lowest BCUT2D eigenvalue weighted by molar-refractivity contribution is -0.147. The van der Waals surface area contributed by atoms with E-state index in [2.05, 4.69) is 5.32 Å². The summed E-state index contributed by atoms with van der Waals surface area (Å²) in [5.74, 6) is -0.811. The molecule has 0 fully saturated rings. The Kier molecular flexibility index (Phi) is 6.49. The van der Waals surface area contributed by atoms with Crippen LogP contribution in [-0.2, 0) is 9.59 Å². The van der Waals surface area contributed by atoms with Crippen LogP contribution in [0.5, 0.6) is 5.75 Å². The summed E-state index contributed by atoms with van der Waals surface area (Å²) in [6.07, 6.45) is 1.13. The van der Waals surface area contributed by atoms with E-state index in [0.29, 0.717) is 23.6 Å². The summed E-state index contributed by atoms with van der Waals surface area (Å²) in [4.78, 5) is 23.0. The molecule has 2 N–H and O–H groups in total. The van der Waals surface area contributed by atoms with Gasteiger partial charge in [0.05, 0.1) is 13.0 Å². The Morgan fingerprint density at radius 3 is 2.71 bits per heavy atom. The summed E-state index contributed by atoms with van der Waals surface area (Å²) in [7, 11) is 0. The summed E-state index contributed by atoms with van der Waals surface area (Å²) in [6.45, 7) is 3.54. The maximum atomic E-state index is 11.8. The van der Waals surface area contributed by atoms with Crippen molar-refractivity contribution >= 4 is 23.5 Å². The highest BCUT2D eigenvalue weighted by Gasteiger charge is 2.33. The zero-order valence-electron chi connectivity index (χ0n) is 12.2. The fourth-order valence-corrected chi connectivity index (χ4v) is 2.09. The Morgan fingerprint density at radius 2 is 2.14 bits per heavy atom. The second-order valence-electron chi connectivity index (χ2n) is 4.99. The van der Waals surface area contributed by atoms with Crippen LogP contribution in [0, 0.1) is 0 Å². The molecule has 0 aliphatic rings. The Morgan fingerprint density at radius 1 is 1.43 bits per heavy atom. The largest absolute Gasteiger partial charge is 0.493 e. The van der Waals surface area contributed by atoms with Gasteiger partial charge < -0.3 is 15.2 Å². The van der Waals surface area contributed by atoms with Crippen LogP contribution < -0.4 is 10.1 Å². The van der Waals surface area contributed by atoms with Crippen molar-refractivity contribution in [2.45, 2.75) is 38.6 Å². The van der Waals surface area contributed by atoms with Crippen LogP contribution in [0.15, 0.2) is 24.3 Å². The first-order valence-corrected chi connectivity index (χ1v) is 7.18. The average Bonchev–Trinajstić information content (AvgIpc) is 2.38. The Labute approximate surface area is 129 Å². The van der Waals surface area contributed by atoms with Crippen molar-refractivity contribution in [2.24, 2.45) is 0 Å². The van der Waals surface area contributed by atoms with Gasteiger partial charge in [0.1, 0.15) is 11.3 Å². The van der Waals surface area contributed by atoms with Crippen LogP contribution in [0.1, 0.15) is 33.1 Å². The van der Waals surface area contributed by atoms with Gasteiger partial charge in [-0.25, -0.2) is 4.79 Å². The van der Waals surface area contributed by atoms with Crippen molar-refractivity contribution in [2.75, 3.05) is 6.61 Å². The van der Waals surface area contributed by atoms with Gasteiger partial charge in [0.15, 0.2) is 0 Å². The lowest BCUT2D eigenvalue weighted by Crippen LogP contribution is -2.52. The maximum absolute atomic E-state index is 11.8. The average molecular weight is 314 g/mol. The summed E-state index contributed by atoms with van der Waals surface area (Å²) < 4.78 is 5.40. The van der Waals surface area contributed by atoms with Crippen LogP contribution >= 0.6 is 11.6 Å². The maximum Gasteiger partial charge on any atom is 0.329 e. The molecular formula is C15H20ClNO4. The molecule has 0 aliphatic carbocycles. The Hall–Kier alpha value is -1.75. The number of hydrogen-bond donors (Lipinski definition) is 2. The standard InChI is InChI=1S/C15H20ClNO4/c1-3-8-15(2,14(19)20)17-13(18)7-9-21-12-6-4-5-11(16)10-12/h4-6,10H,3,7-9H2,1-2H3,(H,17,18)(H,19,20). The van der Waals surface area contributed by atoms with Gasteiger partial charge in [-0.3, -0.25) is 4.79 Å². The molecular weight excluding hydrogens is 294 g/mol.